The fraction of sp³-hybridized carbons (Fsp3) is 0.227. The van der Waals surface area contributed by atoms with Gasteiger partial charge in [-0.2, -0.15) is 0 Å². The minimum Gasteiger partial charge on any atom is -0.497 e. The molecule has 0 aliphatic carbocycles. The molecule has 0 radical (unpaired) electrons. The second kappa shape index (κ2) is 7.55. The van der Waals surface area contributed by atoms with Crippen molar-refractivity contribution in [1.82, 2.24) is 19.5 Å². The third kappa shape index (κ3) is 3.16. The van der Waals surface area contributed by atoms with Crippen molar-refractivity contribution in [2.75, 3.05) is 48.8 Å². The van der Waals surface area contributed by atoms with E-state index < -0.39 is 0 Å². The van der Waals surface area contributed by atoms with Crippen molar-refractivity contribution in [1.29, 1.82) is 0 Å². The van der Waals surface area contributed by atoms with Crippen LogP contribution in [0.3, 0.4) is 0 Å². The Balaban J connectivity index is 1.37. The predicted molar refractivity (Wildman–Crippen MR) is 118 cm³/mol. The average molecular weight is 401 g/mol. The number of ether oxygens (including phenoxy) is 1. The minimum atomic E-state index is 0.568. The van der Waals surface area contributed by atoms with Crippen LogP contribution in [0, 0.1) is 0 Å². The monoisotopic (exact) mass is 401 g/mol. The molecule has 4 aromatic rings. The van der Waals surface area contributed by atoms with E-state index in [0.29, 0.717) is 11.5 Å². The Morgan fingerprint density at radius 3 is 2.30 bits per heavy atom. The van der Waals surface area contributed by atoms with Gasteiger partial charge in [0.05, 0.1) is 18.1 Å². The van der Waals surface area contributed by atoms with Gasteiger partial charge >= 0.3 is 0 Å². The highest BCUT2D eigenvalue weighted by Gasteiger charge is 2.22. The molecule has 3 heterocycles. The molecule has 0 saturated carbocycles. The van der Waals surface area contributed by atoms with E-state index in [2.05, 4.69) is 36.9 Å². The zero-order valence-corrected chi connectivity index (χ0v) is 16.8. The van der Waals surface area contributed by atoms with Crippen LogP contribution in [0.4, 0.5) is 17.2 Å². The van der Waals surface area contributed by atoms with Crippen LogP contribution in [0.1, 0.15) is 0 Å². The Bertz CT molecular complexity index is 1160. The summed E-state index contributed by atoms with van der Waals surface area (Å²) < 4.78 is 7.17. The summed E-state index contributed by atoms with van der Waals surface area (Å²) in [5.41, 5.74) is 10.2. The number of methoxy groups -OCH3 is 1. The summed E-state index contributed by atoms with van der Waals surface area (Å²) in [4.78, 5) is 18.0. The molecule has 2 aromatic heterocycles. The third-order valence-corrected chi connectivity index (χ3v) is 5.54. The Labute approximate surface area is 174 Å². The number of nitrogens with two attached hydrogens (primary N) is 1. The first-order valence-corrected chi connectivity index (χ1v) is 9.91. The summed E-state index contributed by atoms with van der Waals surface area (Å²) in [6.07, 6.45) is 3.33. The number of rotatable bonds is 4. The zero-order chi connectivity index (χ0) is 20.5. The van der Waals surface area contributed by atoms with E-state index >= 15 is 0 Å². The van der Waals surface area contributed by atoms with Crippen LogP contribution in [0.25, 0.3) is 16.9 Å². The van der Waals surface area contributed by atoms with Crippen LogP contribution in [0.5, 0.6) is 5.75 Å². The number of para-hydroxylation sites is 2. The lowest BCUT2D eigenvalue weighted by atomic mass is 10.2. The highest BCUT2D eigenvalue weighted by Crippen LogP contribution is 2.29. The first-order valence-electron chi connectivity index (χ1n) is 9.91. The molecule has 8 nitrogen and oxygen atoms in total. The van der Waals surface area contributed by atoms with Crippen molar-refractivity contribution in [3.8, 4) is 11.6 Å². The Kier molecular flexibility index (Phi) is 4.59. The molecule has 0 atom stereocenters. The van der Waals surface area contributed by atoms with E-state index in [1.807, 2.05) is 41.0 Å². The van der Waals surface area contributed by atoms with Gasteiger partial charge in [-0.05, 0) is 36.4 Å². The van der Waals surface area contributed by atoms with Gasteiger partial charge in [0, 0.05) is 31.9 Å². The highest BCUT2D eigenvalue weighted by molar-refractivity contribution is 5.80. The molecule has 0 unspecified atom stereocenters. The van der Waals surface area contributed by atoms with Gasteiger partial charge in [0.1, 0.15) is 24.1 Å². The largest absolute Gasteiger partial charge is 0.497 e. The smallest absolute Gasteiger partial charge is 0.167 e. The second-order valence-electron chi connectivity index (χ2n) is 7.21. The number of imidazole rings is 1. The maximum absolute atomic E-state index is 6.53. The molecule has 1 saturated heterocycles. The van der Waals surface area contributed by atoms with Crippen LogP contribution in [0.2, 0.25) is 0 Å². The number of hydrogen-bond donors (Lipinski definition) is 1. The lowest BCUT2D eigenvalue weighted by Gasteiger charge is -2.37. The standard InChI is InChI=1S/C22H23N7O/c1-30-17-8-6-16(7-9-17)27-10-12-28(13-11-27)21-20(23)22(25-14-24-21)29-15-26-18-4-2-3-5-19(18)29/h2-9,14-15H,10-13,23H2,1H3. The second-order valence-corrected chi connectivity index (χ2v) is 7.21. The summed E-state index contributed by atoms with van der Waals surface area (Å²) in [6.45, 7) is 3.44. The van der Waals surface area contributed by atoms with E-state index in [0.717, 1.165) is 48.8 Å². The van der Waals surface area contributed by atoms with E-state index in [1.165, 1.54) is 5.69 Å². The molecule has 1 aliphatic rings. The van der Waals surface area contributed by atoms with Gasteiger partial charge < -0.3 is 20.3 Å². The van der Waals surface area contributed by atoms with E-state index in [4.69, 9.17) is 10.5 Å². The molecule has 5 rings (SSSR count). The lowest BCUT2D eigenvalue weighted by molar-refractivity contribution is 0.415. The topological polar surface area (TPSA) is 85.3 Å². The van der Waals surface area contributed by atoms with E-state index in [1.54, 1.807) is 19.8 Å². The first kappa shape index (κ1) is 18.2. The van der Waals surface area contributed by atoms with Crippen LogP contribution >= 0.6 is 0 Å². The molecular formula is C22H23N7O. The molecule has 0 amide bonds. The Hall–Kier alpha value is -3.81. The van der Waals surface area contributed by atoms with Gasteiger partial charge in [-0.25, -0.2) is 15.0 Å². The predicted octanol–water partition coefficient (Wildman–Crippen LogP) is 2.73. The quantitative estimate of drug-likeness (QED) is 0.563. The number of fused-ring (bicyclic) bond motifs is 1. The molecule has 152 valence electrons. The fourth-order valence-corrected chi connectivity index (χ4v) is 3.92. The molecule has 2 aromatic carbocycles. The van der Waals surface area contributed by atoms with Crippen molar-refractivity contribution in [2.45, 2.75) is 0 Å². The molecular weight excluding hydrogens is 378 g/mol. The molecule has 8 heteroatoms. The maximum Gasteiger partial charge on any atom is 0.167 e. The van der Waals surface area contributed by atoms with E-state index in [9.17, 15) is 0 Å². The molecule has 0 bridgehead atoms. The van der Waals surface area contributed by atoms with Crippen molar-refractivity contribution in [2.24, 2.45) is 0 Å². The van der Waals surface area contributed by atoms with Gasteiger partial charge in [-0.3, -0.25) is 4.57 Å². The molecule has 2 N–H and O–H groups in total. The summed E-state index contributed by atoms with van der Waals surface area (Å²) in [6, 6.07) is 16.1. The summed E-state index contributed by atoms with van der Waals surface area (Å²) in [5, 5.41) is 0. The van der Waals surface area contributed by atoms with Crippen molar-refractivity contribution < 1.29 is 4.74 Å². The van der Waals surface area contributed by atoms with Gasteiger partial charge in [0.25, 0.3) is 0 Å². The van der Waals surface area contributed by atoms with Crippen LogP contribution in [-0.2, 0) is 0 Å². The van der Waals surface area contributed by atoms with Crippen molar-refractivity contribution >= 4 is 28.2 Å². The number of nitrogens with zero attached hydrogens (tertiary/aromatic N) is 6. The lowest BCUT2D eigenvalue weighted by Crippen LogP contribution is -2.47. The summed E-state index contributed by atoms with van der Waals surface area (Å²) in [5.74, 6) is 2.30. The van der Waals surface area contributed by atoms with Crippen LogP contribution < -0.4 is 20.3 Å². The number of benzene rings is 2. The Morgan fingerprint density at radius 2 is 1.53 bits per heavy atom. The Morgan fingerprint density at radius 1 is 0.833 bits per heavy atom. The third-order valence-electron chi connectivity index (χ3n) is 5.54. The fourth-order valence-electron chi connectivity index (χ4n) is 3.92. The van der Waals surface area contributed by atoms with Crippen LogP contribution in [-0.4, -0.2) is 52.8 Å². The average Bonchev–Trinajstić information content (AvgIpc) is 3.23. The van der Waals surface area contributed by atoms with Gasteiger partial charge in [0.2, 0.25) is 0 Å². The van der Waals surface area contributed by atoms with E-state index in [-0.39, 0.29) is 0 Å². The maximum atomic E-state index is 6.53. The number of anilines is 3. The molecule has 1 fully saturated rings. The van der Waals surface area contributed by atoms with Crippen molar-refractivity contribution in [3.05, 3.63) is 61.2 Å². The first-order chi connectivity index (χ1) is 14.7. The molecule has 30 heavy (non-hydrogen) atoms. The number of aromatic nitrogens is 4. The summed E-state index contributed by atoms with van der Waals surface area (Å²) >= 11 is 0. The normalized spacial score (nSPS) is 14.3. The van der Waals surface area contributed by atoms with Crippen LogP contribution in [0.15, 0.2) is 61.2 Å². The highest BCUT2D eigenvalue weighted by atomic mass is 16.5. The van der Waals surface area contributed by atoms with Gasteiger partial charge in [-0.15, -0.1) is 0 Å². The molecule has 0 spiro atoms. The van der Waals surface area contributed by atoms with Crippen molar-refractivity contribution in [3.63, 3.8) is 0 Å². The number of piperazine rings is 1. The number of hydrogen-bond acceptors (Lipinski definition) is 7. The number of nitrogen functional groups attached to an aromatic ring is 1. The van der Waals surface area contributed by atoms with Gasteiger partial charge in [0.15, 0.2) is 11.6 Å². The minimum absolute atomic E-state index is 0.568. The SMILES string of the molecule is COc1ccc(N2CCN(c3ncnc(-n4cnc5ccccc54)c3N)CC2)cc1. The van der Waals surface area contributed by atoms with Gasteiger partial charge in [-0.1, -0.05) is 12.1 Å². The summed E-state index contributed by atoms with van der Waals surface area (Å²) in [7, 11) is 1.68. The molecule has 1 aliphatic heterocycles. The zero-order valence-electron chi connectivity index (χ0n) is 16.8.